The zero-order chi connectivity index (χ0) is 14.5. The Balaban J connectivity index is 1.80. The van der Waals surface area contributed by atoms with Crippen LogP contribution in [0.1, 0.15) is 50.5 Å². The van der Waals surface area contributed by atoms with Crippen LogP contribution >= 0.6 is 0 Å². The van der Waals surface area contributed by atoms with E-state index in [1.165, 1.54) is 12.5 Å². The molecule has 3 atom stereocenters. The first-order valence-electron chi connectivity index (χ1n) is 7.25. The predicted octanol–water partition coefficient (Wildman–Crippen LogP) is 2.75. The van der Waals surface area contributed by atoms with Crippen LogP contribution in [0.4, 0.5) is 0 Å². The predicted molar refractivity (Wildman–Crippen MR) is 75.5 cm³/mol. The molecule has 2 bridgehead atoms. The maximum Gasteiger partial charge on any atom is 0.355 e. The average Bonchev–Trinajstić information content (AvgIpc) is 2.72. The molecule has 20 heavy (non-hydrogen) atoms. The van der Waals surface area contributed by atoms with E-state index in [2.05, 4.69) is 25.8 Å². The summed E-state index contributed by atoms with van der Waals surface area (Å²) in [6, 6.07) is 4.55. The molecule has 2 saturated carbocycles. The first-order chi connectivity index (χ1) is 9.34. The van der Waals surface area contributed by atoms with E-state index in [0.29, 0.717) is 5.92 Å². The van der Waals surface area contributed by atoms with E-state index in [4.69, 9.17) is 4.74 Å². The van der Waals surface area contributed by atoms with Crippen molar-refractivity contribution < 1.29 is 9.53 Å². The van der Waals surface area contributed by atoms with Gasteiger partial charge in [-0.2, -0.15) is 0 Å². The van der Waals surface area contributed by atoms with Gasteiger partial charge < -0.3 is 9.72 Å². The van der Waals surface area contributed by atoms with Gasteiger partial charge in [-0.1, -0.05) is 26.8 Å². The number of pyridine rings is 1. The van der Waals surface area contributed by atoms with Gasteiger partial charge in [0.25, 0.3) is 0 Å². The van der Waals surface area contributed by atoms with Gasteiger partial charge in [0.1, 0.15) is 11.8 Å². The van der Waals surface area contributed by atoms with Crippen molar-refractivity contribution >= 4 is 5.97 Å². The molecule has 1 aromatic heterocycles. The average molecular weight is 275 g/mol. The van der Waals surface area contributed by atoms with Crippen LogP contribution in [-0.2, 0) is 4.74 Å². The van der Waals surface area contributed by atoms with Gasteiger partial charge in [0, 0.05) is 11.5 Å². The quantitative estimate of drug-likeness (QED) is 0.844. The molecular formula is C16H21NO3. The molecule has 0 radical (unpaired) electrons. The van der Waals surface area contributed by atoms with E-state index in [9.17, 15) is 9.59 Å². The van der Waals surface area contributed by atoms with Gasteiger partial charge in [-0.15, -0.1) is 0 Å². The Morgan fingerprint density at radius 2 is 2.10 bits per heavy atom. The van der Waals surface area contributed by atoms with Crippen molar-refractivity contribution in [1.29, 1.82) is 0 Å². The molecule has 1 heterocycles. The van der Waals surface area contributed by atoms with Crippen LogP contribution in [0.5, 0.6) is 0 Å². The second kappa shape index (κ2) is 4.21. The molecule has 4 nitrogen and oxygen atoms in total. The van der Waals surface area contributed by atoms with E-state index in [-0.39, 0.29) is 28.2 Å². The number of nitrogens with one attached hydrogen (secondary N) is 1. The summed E-state index contributed by atoms with van der Waals surface area (Å²) in [5.41, 5.74) is 0.213. The Morgan fingerprint density at radius 3 is 2.65 bits per heavy atom. The summed E-state index contributed by atoms with van der Waals surface area (Å²) >= 11 is 0. The van der Waals surface area contributed by atoms with E-state index in [1.54, 1.807) is 12.1 Å². The molecule has 1 aromatic rings. The summed E-state index contributed by atoms with van der Waals surface area (Å²) < 4.78 is 5.72. The van der Waals surface area contributed by atoms with Gasteiger partial charge in [-0.25, -0.2) is 4.79 Å². The van der Waals surface area contributed by atoms with Crippen LogP contribution in [0.3, 0.4) is 0 Å². The minimum Gasteiger partial charge on any atom is -0.457 e. The van der Waals surface area contributed by atoms with Crippen molar-refractivity contribution in [2.75, 3.05) is 0 Å². The smallest absolute Gasteiger partial charge is 0.355 e. The lowest BCUT2D eigenvalue weighted by Crippen LogP contribution is -2.38. The third kappa shape index (κ3) is 1.74. The molecule has 108 valence electrons. The monoisotopic (exact) mass is 275 g/mol. The van der Waals surface area contributed by atoms with Crippen molar-refractivity contribution in [2.24, 2.45) is 16.7 Å². The van der Waals surface area contributed by atoms with Crippen LogP contribution < -0.4 is 5.56 Å². The van der Waals surface area contributed by atoms with E-state index in [0.717, 1.165) is 12.8 Å². The number of H-pyrrole nitrogens is 1. The first kappa shape index (κ1) is 13.4. The van der Waals surface area contributed by atoms with Crippen molar-refractivity contribution in [3.8, 4) is 0 Å². The lowest BCUT2D eigenvalue weighted by molar-refractivity contribution is -0.0247. The molecule has 1 N–H and O–H groups in total. The van der Waals surface area contributed by atoms with Crippen LogP contribution in [0, 0.1) is 16.7 Å². The van der Waals surface area contributed by atoms with Gasteiger partial charge >= 0.3 is 5.97 Å². The summed E-state index contributed by atoms with van der Waals surface area (Å²) in [5.74, 6) is 0.206. The van der Waals surface area contributed by atoms with Gasteiger partial charge in [0.2, 0.25) is 5.56 Å². The first-order valence-corrected chi connectivity index (χ1v) is 7.25. The second-order valence-electron chi connectivity index (χ2n) is 6.93. The summed E-state index contributed by atoms with van der Waals surface area (Å²) in [6.45, 7) is 6.79. The molecule has 0 aliphatic heterocycles. The minimum atomic E-state index is -0.419. The number of aromatic amines is 1. The number of aromatic nitrogens is 1. The molecule has 0 amide bonds. The van der Waals surface area contributed by atoms with Crippen molar-refractivity contribution in [3.63, 3.8) is 0 Å². The third-order valence-electron chi connectivity index (χ3n) is 5.95. The summed E-state index contributed by atoms with van der Waals surface area (Å²) in [6.07, 6.45) is 3.22. The number of carbonyl (C=O) groups is 1. The minimum absolute atomic E-state index is 0.0440. The Kier molecular flexibility index (Phi) is 2.82. The van der Waals surface area contributed by atoms with E-state index >= 15 is 0 Å². The van der Waals surface area contributed by atoms with Gasteiger partial charge in [-0.3, -0.25) is 4.79 Å². The van der Waals surface area contributed by atoms with Gasteiger partial charge in [-0.05, 0) is 36.7 Å². The number of rotatable bonds is 2. The fraction of sp³-hybridized carbons (Fsp3) is 0.625. The number of esters is 1. The lowest BCUT2D eigenvalue weighted by atomic mass is 9.70. The maximum absolute atomic E-state index is 12.2. The number of carbonyl (C=O) groups excluding carboxylic acids is 1. The molecule has 2 aliphatic rings. The number of hydrogen-bond donors (Lipinski definition) is 1. The number of hydrogen-bond acceptors (Lipinski definition) is 3. The highest BCUT2D eigenvalue weighted by atomic mass is 16.5. The standard InChI is InChI=1S/C16H21NO3/c1-15(2)10-7-8-16(15,3)12(9-10)20-14(19)11-5-4-6-13(18)17-11/h4-6,10,12H,7-9H2,1-3H3,(H,17,18). The molecule has 0 aromatic carbocycles. The Labute approximate surface area is 118 Å². The van der Waals surface area contributed by atoms with Crippen molar-refractivity contribution in [1.82, 2.24) is 4.98 Å². The number of ether oxygens (including phenoxy) is 1. The summed E-state index contributed by atoms with van der Waals surface area (Å²) in [5, 5.41) is 0. The Morgan fingerprint density at radius 1 is 1.35 bits per heavy atom. The SMILES string of the molecule is CC1(C)C2CCC1(C)C(OC(=O)c1cccc(=O)[nH]1)C2. The summed E-state index contributed by atoms with van der Waals surface area (Å²) in [7, 11) is 0. The molecule has 0 saturated heterocycles. The Bertz CT molecular complexity index is 604. The van der Waals surface area contributed by atoms with E-state index in [1.807, 2.05) is 0 Å². The highest BCUT2D eigenvalue weighted by molar-refractivity contribution is 5.87. The van der Waals surface area contributed by atoms with Crippen molar-refractivity contribution in [3.05, 3.63) is 34.2 Å². The molecule has 3 unspecified atom stereocenters. The zero-order valence-electron chi connectivity index (χ0n) is 12.2. The van der Waals surface area contributed by atoms with Gasteiger partial charge in [0.15, 0.2) is 0 Å². The molecule has 0 spiro atoms. The van der Waals surface area contributed by atoms with Crippen LogP contribution in [0.15, 0.2) is 23.0 Å². The third-order valence-corrected chi connectivity index (χ3v) is 5.95. The molecule has 2 aliphatic carbocycles. The lowest BCUT2D eigenvalue weighted by Gasteiger charge is -2.38. The topological polar surface area (TPSA) is 59.2 Å². The molecular weight excluding hydrogens is 254 g/mol. The van der Waals surface area contributed by atoms with Crippen molar-refractivity contribution in [2.45, 2.75) is 46.1 Å². The fourth-order valence-electron chi connectivity index (χ4n) is 4.07. The second-order valence-corrected chi connectivity index (χ2v) is 6.93. The highest BCUT2D eigenvalue weighted by Crippen LogP contribution is 2.66. The van der Waals surface area contributed by atoms with Crippen LogP contribution in [-0.4, -0.2) is 17.1 Å². The van der Waals surface area contributed by atoms with Gasteiger partial charge in [0.05, 0.1) is 0 Å². The molecule has 2 fully saturated rings. The molecule has 4 heteroatoms. The van der Waals surface area contributed by atoms with Crippen LogP contribution in [0.2, 0.25) is 0 Å². The fourth-order valence-corrected chi connectivity index (χ4v) is 4.07. The summed E-state index contributed by atoms with van der Waals surface area (Å²) in [4.78, 5) is 26.0. The zero-order valence-corrected chi connectivity index (χ0v) is 12.2. The number of fused-ring (bicyclic) bond motifs is 2. The normalized spacial score (nSPS) is 34.1. The highest BCUT2D eigenvalue weighted by Gasteiger charge is 2.62. The van der Waals surface area contributed by atoms with E-state index < -0.39 is 5.97 Å². The largest absolute Gasteiger partial charge is 0.457 e. The molecule has 3 rings (SSSR count). The maximum atomic E-state index is 12.2. The van der Waals surface area contributed by atoms with Crippen LogP contribution in [0.25, 0.3) is 0 Å². The Hall–Kier alpha value is -1.58.